The summed E-state index contributed by atoms with van der Waals surface area (Å²) in [5.74, 6) is 0.892. The molecule has 0 aliphatic carbocycles. The number of carbonyl (C=O) groups excluding carboxylic acids is 1. The van der Waals surface area contributed by atoms with Crippen molar-refractivity contribution in [1.82, 2.24) is 4.90 Å². The minimum atomic E-state index is -0.0720. The molecule has 0 aliphatic rings. The van der Waals surface area contributed by atoms with Crippen molar-refractivity contribution in [3.8, 4) is 0 Å². The van der Waals surface area contributed by atoms with Gasteiger partial charge in [0.1, 0.15) is 5.76 Å². The van der Waals surface area contributed by atoms with Gasteiger partial charge >= 0.3 is 0 Å². The lowest BCUT2D eigenvalue weighted by Gasteiger charge is -2.21. The standard InChI is InChI=1S/C12H20N2O2/c1-4-10(7-13)12(15)14(3)8-11-5-6-16-9(11)2/h5-6,10H,4,7-8,13H2,1-3H3. The van der Waals surface area contributed by atoms with E-state index in [1.807, 2.05) is 19.9 Å². The van der Waals surface area contributed by atoms with Crippen molar-refractivity contribution in [1.29, 1.82) is 0 Å². The number of aryl methyl sites for hydroxylation is 1. The Morgan fingerprint density at radius 3 is 2.75 bits per heavy atom. The lowest BCUT2D eigenvalue weighted by Crippen LogP contribution is -2.35. The SMILES string of the molecule is CCC(CN)C(=O)N(C)Cc1ccoc1C. The molecular formula is C12H20N2O2. The summed E-state index contributed by atoms with van der Waals surface area (Å²) >= 11 is 0. The molecule has 0 spiro atoms. The third-order valence-corrected chi connectivity index (χ3v) is 2.88. The maximum atomic E-state index is 12.0. The van der Waals surface area contributed by atoms with Crippen LogP contribution < -0.4 is 5.73 Å². The smallest absolute Gasteiger partial charge is 0.226 e. The first kappa shape index (κ1) is 12.8. The molecule has 1 heterocycles. The van der Waals surface area contributed by atoms with Crippen LogP contribution in [0.3, 0.4) is 0 Å². The molecule has 0 saturated carbocycles. The van der Waals surface area contributed by atoms with E-state index in [0.29, 0.717) is 13.1 Å². The van der Waals surface area contributed by atoms with Crippen molar-refractivity contribution in [3.63, 3.8) is 0 Å². The van der Waals surface area contributed by atoms with E-state index in [1.165, 1.54) is 0 Å². The van der Waals surface area contributed by atoms with Gasteiger partial charge in [0.2, 0.25) is 5.91 Å². The van der Waals surface area contributed by atoms with Crippen LogP contribution in [0.1, 0.15) is 24.7 Å². The summed E-state index contributed by atoms with van der Waals surface area (Å²) in [5.41, 5.74) is 6.60. The number of hydrogen-bond acceptors (Lipinski definition) is 3. The quantitative estimate of drug-likeness (QED) is 0.825. The van der Waals surface area contributed by atoms with Crippen LogP contribution in [0.15, 0.2) is 16.7 Å². The van der Waals surface area contributed by atoms with Crippen LogP contribution in [0.5, 0.6) is 0 Å². The highest BCUT2D eigenvalue weighted by atomic mass is 16.3. The Labute approximate surface area is 96.4 Å². The molecule has 2 N–H and O–H groups in total. The third kappa shape index (κ3) is 2.85. The highest BCUT2D eigenvalue weighted by Gasteiger charge is 2.19. The summed E-state index contributed by atoms with van der Waals surface area (Å²) in [6, 6.07) is 1.89. The Kier molecular flexibility index (Phi) is 4.55. The maximum absolute atomic E-state index is 12.0. The molecule has 1 aromatic heterocycles. The highest BCUT2D eigenvalue weighted by molar-refractivity contribution is 5.78. The topological polar surface area (TPSA) is 59.5 Å². The minimum absolute atomic E-state index is 0.0720. The summed E-state index contributed by atoms with van der Waals surface area (Å²) in [5, 5.41) is 0. The zero-order valence-electron chi connectivity index (χ0n) is 10.2. The fraction of sp³-hybridized carbons (Fsp3) is 0.583. The molecule has 16 heavy (non-hydrogen) atoms. The van der Waals surface area contributed by atoms with Crippen LogP contribution in [0, 0.1) is 12.8 Å². The Balaban J connectivity index is 2.62. The molecule has 4 nitrogen and oxygen atoms in total. The van der Waals surface area contributed by atoms with E-state index in [-0.39, 0.29) is 11.8 Å². The average molecular weight is 224 g/mol. The predicted octanol–water partition coefficient (Wildman–Crippen LogP) is 1.53. The molecule has 0 saturated heterocycles. The fourth-order valence-electron chi connectivity index (χ4n) is 1.66. The molecule has 1 rings (SSSR count). The second-order valence-corrected chi connectivity index (χ2v) is 4.04. The number of amides is 1. The van der Waals surface area contributed by atoms with Gasteiger partial charge < -0.3 is 15.1 Å². The first-order valence-electron chi connectivity index (χ1n) is 5.58. The van der Waals surface area contributed by atoms with Crippen LogP contribution in [0.2, 0.25) is 0 Å². The highest BCUT2D eigenvalue weighted by Crippen LogP contribution is 2.13. The average Bonchev–Trinajstić information content (AvgIpc) is 2.66. The Morgan fingerprint density at radius 2 is 2.31 bits per heavy atom. The van der Waals surface area contributed by atoms with Crippen LogP contribution >= 0.6 is 0 Å². The third-order valence-electron chi connectivity index (χ3n) is 2.88. The predicted molar refractivity (Wildman–Crippen MR) is 62.8 cm³/mol. The number of rotatable bonds is 5. The molecule has 0 aromatic carbocycles. The van der Waals surface area contributed by atoms with Gasteiger partial charge in [-0.15, -0.1) is 0 Å². The lowest BCUT2D eigenvalue weighted by molar-refractivity contribution is -0.134. The Morgan fingerprint density at radius 1 is 1.62 bits per heavy atom. The van der Waals surface area contributed by atoms with E-state index in [2.05, 4.69) is 0 Å². The maximum Gasteiger partial charge on any atom is 0.226 e. The van der Waals surface area contributed by atoms with Crippen LogP contribution in [0.4, 0.5) is 0 Å². The van der Waals surface area contributed by atoms with Crippen LogP contribution in [0.25, 0.3) is 0 Å². The van der Waals surface area contributed by atoms with Crippen molar-refractivity contribution >= 4 is 5.91 Å². The van der Waals surface area contributed by atoms with E-state index in [0.717, 1.165) is 17.7 Å². The second-order valence-electron chi connectivity index (χ2n) is 4.04. The van der Waals surface area contributed by atoms with Crippen molar-refractivity contribution < 1.29 is 9.21 Å². The van der Waals surface area contributed by atoms with Gasteiger partial charge in [0.15, 0.2) is 0 Å². The normalized spacial score (nSPS) is 12.5. The fourth-order valence-corrected chi connectivity index (χ4v) is 1.66. The van der Waals surface area contributed by atoms with Gasteiger partial charge in [-0.3, -0.25) is 4.79 Å². The largest absolute Gasteiger partial charge is 0.469 e. The van der Waals surface area contributed by atoms with Gasteiger partial charge in [-0.1, -0.05) is 6.92 Å². The van der Waals surface area contributed by atoms with Gasteiger partial charge in [-0.05, 0) is 19.4 Å². The van der Waals surface area contributed by atoms with Crippen molar-refractivity contribution in [2.24, 2.45) is 11.7 Å². The van der Waals surface area contributed by atoms with Gasteiger partial charge in [0.05, 0.1) is 12.2 Å². The molecule has 1 aromatic rings. The van der Waals surface area contributed by atoms with Crippen molar-refractivity contribution in [3.05, 3.63) is 23.7 Å². The van der Waals surface area contributed by atoms with Crippen LogP contribution in [-0.2, 0) is 11.3 Å². The van der Waals surface area contributed by atoms with Crippen molar-refractivity contribution in [2.75, 3.05) is 13.6 Å². The van der Waals surface area contributed by atoms with Gasteiger partial charge in [0, 0.05) is 25.7 Å². The minimum Gasteiger partial charge on any atom is -0.469 e. The summed E-state index contributed by atoms with van der Waals surface area (Å²) in [7, 11) is 1.80. The zero-order chi connectivity index (χ0) is 12.1. The molecule has 0 bridgehead atoms. The first-order valence-corrected chi connectivity index (χ1v) is 5.58. The number of hydrogen-bond donors (Lipinski definition) is 1. The summed E-state index contributed by atoms with van der Waals surface area (Å²) in [4.78, 5) is 13.7. The molecule has 0 aliphatic heterocycles. The molecular weight excluding hydrogens is 204 g/mol. The molecule has 0 radical (unpaired) electrons. The van der Waals surface area contributed by atoms with E-state index in [4.69, 9.17) is 10.2 Å². The molecule has 1 unspecified atom stereocenters. The molecule has 0 fully saturated rings. The summed E-state index contributed by atoms with van der Waals surface area (Å²) in [6.07, 6.45) is 2.42. The molecule has 1 amide bonds. The summed E-state index contributed by atoms with van der Waals surface area (Å²) < 4.78 is 5.20. The Bertz CT molecular complexity index is 343. The molecule has 1 atom stereocenters. The molecule has 4 heteroatoms. The van der Waals surface area contributed by atoms with E-state index >= 15 is 0 Å². The number of carbonyl (C=O) groups is 1. The second kappa shape index (κ2) is 5.70. The zero-order valence-corrected chi connectivity index (χ0v) is 10.2. The Hall–Kier alpha value is -1.29. The monoisotopic (exact) mass is 224 g/mol. The number of nitrogens with zero attached hydrogens (tertiary/aromatic N) is 1. The number of furan rings is 1. The number of nitrogens with two attached hydrogens (primary N) is 1. The first-order chi connectivity index (χ1) is 7.60. The lowest BCUT2D eigenvalue weighted by atomic mass is 10.1. The van der Waals surface area contributed by atoms with E-state index in [9.17, 15) is 4.79 Å². The van der Waals surface area contributed by atoms with Gasteiger partial charge in [0.25, 0.3) is 0 Å². The van der Waals surface area contributed by atoms with Crippen molar-refractivity contribution in [2.45, 2.75) is 26.8 Å². The van der Waals surface area contributed by atoms with E-state index in [1.54, 1.807) is 18.2 Å². The van der Waals surface area contributed by atoms with E-state index < -0.39 is 0 Å². The van der Waals surface area contributed by atoms with Gasteiger partial charge in [-0.25, -0.2) is 0 Å². The summed E-state index contributed by atoms with van der Waals surface area (Å²) in [6.45, 7) is 4.86. The van der Waals surface area contributed by atoms with Gasteiger partial charge in [-0.2, -0.15) is 0 Å². The van der Waals surface area contributed by atoms with Crippen LogP contribution in [-0.4, -0.2) is 24.4 Å². The molecule has 90 valence electrons.